The minimum atomic E-state index is 0.0670. The summed E-state index contributed by atoms with van der Waals surface area (Å²) in [5.74, 6) is 0. The number of likely N-dealkylation sites (N-methyl/N-ethyl adjacent to an activating group) is 1. The van der Waals surface area contributed by atoms with Crippen LogP contribution in [-0.4, -0.2) is 60.1 Å². The van der Waals surface area contributed by atoms with Crippen molar-refractivity contribution in [3.05, 3.63) is 35.5 Å². The fourth-order valence-corrected chi connectivity index (χ4v) is 3.33. The SMILES string of the molecule is CCN1CCN(C(=O)NCCc2c[nH]c3cccc(C)c23)CC1. The number of fused-ring (bicyclic) bond motifs is 1. The van der Waals surface area contributed by atoms with Crippen molar-refractivity contribution in [2.75, 3.05) is 39.3 Å². The van der Waals surface area contributed by atoms with Crippen LogP contribution in [0.4, 0.5) is 4.79 Å². The molecule has 5 nitrogen and oxygen atoms in total. The maximum atomic E-state index is 12.2. The third-order valence-electron chi connectivity index (χ3n) is 4.77. The summed E-state index contributed by atoms with van der Waals surface area (Å²) in [5, 5.41) is 4.35. The van der Waals surface area contributed by atoms with E-state index in [1.54, 1.807) is 0 Å². The molecule has 1 aliphatic heterocycles. The number of carbonyl (C=O) groups excluding carboxylic acids is 1. The largest absolute Gasteiger partial charge is 0.361 e. The van der Waals surface area contributed by atoms with E-state index in [0.717, 1.165) is 39.1 Å². The van der Waals surface area contributed by atoms with Crippen LogP contribution in [0.3, 0.4) is 0 Å². The Labute approximate surface area is 137 Å². The van der Waals surface area contributed by atoms with Crippen LogP contribution in [0, 0.1) is 6.92 Å². The Bertz CT molecular complexity index is 671. The van der Waals surface area contributed by atoms with Gasteiger partial charge in [-0.3, -0.25) is 0 Å². The molecule has 0 aliphatic carbocycles. The zero-order valence-electron chi connectivity index (χ0n) is 14.1. The molecule has 124 valence electrons. The lowest BCUT2D eigenvalue weighted by atomic mass is 10.1. The number of benzene rings is 1. The minimum Gasteiger partial charge on any atom is -0.361 e. The summed E-state index contributed by atoms with van der Waals surface area (Å²) < 4.78 is 0. The maximum absolute atomic E-state index is 12.2. The van der Waals surface area contributed by atoms with Crippen LogP contribution in [0.2, 0.25) is 0 Å². The summed E-state index contributed by atoms with van der Waals surface area (Å²) in [7, 11) is 0. The summed E-state index contributed by atoms with van der Waals surface area (Å²) >= 11 is 0. The second-order valence-corrected chi connectivity index (χ2v) is 6.21. The average Bonchev–Trinajstić information content (AvgIpc) is 2.99. The molecular weight excluding hydrogens is 288 g/mol. The molecule has 2 heterocycles. The number of nitrogens with one attached hydrogen (secondary N) is 2. The van der Waals surface area contributed by atoms with E-state index in [1.807, 2.05) is 4.90 Å². The normalized spacial score (nSPS) is 16.0. The lowest BCUT2D eigenvalue weighted by Crippen LogP contribution is -2.51. The topological polar surface area (TPSA) is 51.4 Å². The third kappa shape index (κ3) is 3.50. The molecule has 2 N–H and O–H groups in total. The molecule has 2 amide bonds. The minimum absolute atomic E-state index is 0.0670. The molecule has 1 fully saturated rings. The number of aromatic nitrogens is 1. The molecule has 0 bridgehead atoms. The van der Waals surface area contributed by atoms with Gasteiger partial charge in [-0.25, -0.2) is 4.79 Å². The Hall–Kier alpha value is -2.01. The Morgan fingerprint density at radius 3 is 2.78 bits per heavy atom. The van der Waals surface area contributed by atoms with Gasteiger partial charge < -0.3 is 20.1 Å². The molecule has 2 aromatic rings. The van der Waals surface area contributed by atoms with Gasteiger partial charge in [0.05, 0.1) is 0 Å². The van der Waals surface area contributed by atoms with Crippen molar-refractivity contribution in [3.63, 3.8) is 0 Å². The number of piperazine rings is 1. The fraction of sp³-hybridized carbons (Fsp3) is 0.500. The molecule has 1 saturated heterocycles. The van der Waals surface area contributed by atoms with Gasteiger partial charge in [0.1, 0.15) is 0 Å². The van der Waals surface area contributed by atoms with E-state index in [-0.39, 0.29) is 6.03 Å². The standard InChI is InChI=1S/C18H26N4O/c1-3-21-9-11-22(12-10-21)18(23)19-8-7-15-13-20-16-6-4-5-14(2)17(15)16/h4-6,13,20H,3,7-12H2,1-2H3,(H,19,23). The first kappa shape index (κ1) is 15.9. The molecular formula is C18H26N4O. The predicted octanol–water partition coefficient (Wildman–Crippen LogP) is 2.37. The second kappa shape index (κ2) is 7.04. The van der Waals surface area contributed by atoms with Crippen molar-refractivity contribution in [2.24, 2.45) is 0 Å². The van der Waals surface area contributed by atoms with Crippen molar-refractivity contribution in [2.45, 2.75) is 20.3 Å². The average molecular weight is 314 g/mol. The van der Waals surface area contributed by atoms with Gasteiger partial charge in [0, 0.05) is 49.8 Å². The Morgan fingerprint density at radius 2 is 2.04 bits per heavy atom. The molecule has 1 aromatic carbocycles. The summed E-state index contributed by atoms with van der Waals surface area (Å²) in [6, 6.07) is 6.36. The Kier molecular flexibility index (Phi) is 4.86. The summed E-state index contributed by atoms with van der Waals surface area (Å²) in [6.45, 7) is 9.64. The van der Waals surface area contributed by atoms with Gasteiger partial charge in [-0.1, -0.05) is 19.1 Å². The number of carbonyl (C=O) groups is 1. The first-order chi connectivity index (χ1) is 11.2. The quantitative estimate of drug-likeness (QED) is 0.910. The molecule has 5 heteroatoms. The molecule has 0 spiro atoms. The highest BCUT2D eigenvalue weighted by molar-refractivity contribution is 5.86. The number of H-pyrrole nitrogens is 1. The lowest BCUT2D eigenvalue weighted by molar-refractivity contribution is 0.143. The van der Waals surface area contributed by atoms with E-state index in [1.165, 1.54) is 22.0 Å². The monoisotopic (exact) mass is 314 g/mol. The number of aromatic amines is 1. The van der Waals surface area contributed by atoms with E-state index in [4.69, 9.17) is 0 Å². The van der Waals surface area contributed by atoms with Crippen molar-refractivity contribution < 1.29 is 4.79 Å². The van der Waals surface area contributed by atoms with Crippen LogP contribution in [0.1, 0.15) is 18.1 Å². The lowest BCUT2D eigenvalue weighted by Gasteiger charge is -2.34. The smallest absolute Gasteiger partial charge is 0.317 e. The van der Waals surface area contributed by atoms with E-state index in [2.05, 4.69) is 53.4 Å². The number of urea groups is 1. The molecule has 0 atom stereocenters. The second-order valence-electron chi connectivity index (χ2n) is 6.21. The number of hydrogen-bond donors (Lipinski definition) is 2. The van der Waals surface area contributed by atoms with Crippen LogP contribution in [0.25, 0.3) is 10.9 Å². The fourth-order valence-electron chi connectivity index (χ4n) is 3.33. The Morgan fingerprint density at radius 1 is 1.26 bits per heavy atom. The number of rotatable bonds is 4. The van der Waals surface area contributed by atoms with E-state index in [9.17, 15) is 4.79 Å². The first-order valence-electron chi connectivity index (χ1n) is 8.49. The van der Waals surface area contributed by atoms with Gasteiger partial charge in [-0.2, -0.15) is 0 Å². The van der Waals surface area contributed by atoms with Crippen LogP contribution >= 0.6 is 0 Å². The molecule has 0 saturated carbocycles. The number of amides is 2. The van der Waals surface area contributed by atoms with E-state index >= 15 is 0 Å². The Balaban J connectivity index is 1.52. The van der Waals surface area contributed by atoms with Gasteiger partial charge >= 0.3 is 6.03 Å². The highest BCUT2D eigenvalue weighted by atomic mass is 16.2. The highest BCUT2D eigenvalue weighted by Gasteiger charge is 2.19. The van der Waals surface area contributed by atoms with Gasteiger partial charge in [-0.05, 0) is 37.1 Å². The summed E-state index contributed by atoms with van der Waals surface area (Å²) in [6.07, 6.45) is 2.91. The zero-order chi connectivity index (χ0) is 16.2. The van der Waals surface area contributed by atoms with Crippen LogP contribution in [0.15, 0.2) is 24.4 Å². The number of aryl methyl sites for hydroxylation is 1. The van der Waals surface area contributed by atoms with Crippen molar-refractivity contribution in [1.82, 2.24) is 20.1 Å². The summed E-state index contributed by atoms with van der Waals surface area (Å²) in [4.78, 5) is 19.9. The molecule has 0 radical (unpaired) electrons. The first-order valence-corrected chi connectivity index (χ1v) is 8.49. The third-order valence-corrected chi connectivity index (χ3v) is 4.77. The van der Waals surface area contributed by atoms with Gasteiger partial charge in [0.25, 0.3) is 0 Å². The van der Waals surface area contributed by atoms with Crippen molar-refractivity contribution >= 4 is 16.9 Å². The van der Waals surface area contributed by atoms with Gasteiger partial charge in [-0.15, -0.1) is 0 Å². The van der Waals surface area contributed by atoms with E-state index < -0.39 is 0 Å². The maximum Gasteiger partial charge on any atom is 0.317 e. The van der Waals surface area contributed by atoms with Crippen molar-refractivity contribution in [3.8, 4) is 0 Å². The number of nitrogens with zero attached hydrogens (tertiary/aromatic N) is 2. The van der Waals surface area contributed by atoms with Crippen molar-refractivity contribution in [1.29, 1.82) is 0 Å². The molecule has 23 heavy (non-hydrogen) atoms. The summed E-state index contributed by atoms with van der Waals surface area (Å²) in [5.41, 5.74) is 3.72. The predicted molar refractivity (Wildman–Crippen MR) is 93.8 cm³/mol. The van der Waals surface area contributed by atoms with Gasteiger partial charge in [0.15, 0.2) is 0 Å². The molecule has 0 unspecified atom stereocenters. The molecule has 1 aliphatic rings. The number of hydrogen-bond acceptors (Lipinski definition) is 2. The zero-order valence-corrected chi connectivity index (χ0v) is 14.1. The van der Waals surface area contributed by atoms with Crippen LogP contribution in [0.5, 0.6) is 0 Å². The highest BCUT2D eigenvalue weighted by Crippen LogP contribution is 2.22. The van der Waals surface area contributed by atoms with Gasteiger partial charge in [0.2, 0.25) is 0 Å². The van der Waals surface area contributed by atoms with Crippen LogP contribution in [-0.2, 0) is 6.42 Å². The molecule has 3 rings (SSSR count). The van der Waals surface area contributed by atoms with Crippen LogP contribution < -0.4 is 5.32 Å². The van der Waals surface area contributed by atoms with E-state index in [0.29, 0.717) is 6.54 Å². The molecule has 1 aromatic heterocycles.